The van der Waals surface area contributed by atoms with Crippen LogP contribution in [-0.4, -0.2) is 63.4 Å². The Labute approximate surface area is 217 Å². The summed E-state index contributed by atoms with van der Waals surface area (Å²) in [4.78, 5) is 26.5. The normalized spacial score (nSPS) is 14.4. The lowest BCUT2D eigenvalue weighted by molar-refractivity contribution is 0.0989. The highest BCUT2D eigenvalue weighted by Gasteiger charge is 2.26. The van der Waals surface area contributed by atoms with Crippen molar-refractivity contribution < 1.29 is 13.9 Å². The first-order valence-electron chi connectivity index (χ1n) is 12.1. The van der Waals surface area contributed by atoms with Crippen molar-refractivity contribution in [2.45, 2.75) is 33.2 Å². The van der Waals surface area contributed by atoms with Crippen LogP contribution in [0.2, 0.25) is 0 Å². The van der Waals surface area contributed by atoms with E-state index in [4.69, 9.17) is 9.72 Å². The maximum absolute atomic E-state index is 14.7. The second kappa shape index (κ2) is 9.50. The molecular weight excluding hydrogens is 492 g/mol. The summed E-state index contributed by atoms with van der Waals surface area (Å²) >= 11 is 0. The van der Waals surface area contributed by atoms with Crippen LogP contribution in [0.25, 0.3) is 16.9 Å². The van der Waals surface area contributed by atoms with Crippen LogP contribution in [0.4, 0.5) is 15.9 Å². The molecule has 11 heteroatoms. The molecule has 1 aliphatic rings. The molecule has 0 bridgehead atoms. The summed E-state index contributed by atoms with van der Waals surface area (Å²) in [6.45, 7) is 10.5. The number of rotatable bonds is 4. The Balaban J connectivity index is 1.56. The van der Waals surface area contributed by atoms with Crippen molar-refractivity contribution in [1.82, 2.24) is 24.1 Å². The molecule has 1 aromatic carbocycles. The van der Waals surface area contributed by atoms with Gasteiger partial charge in [-0.15, -0.1) is 14.3 Å². The molecule has 0 N–H and O–H groups in total. The fourth-order valence-corrected chi connectivity index (χ4v) is 4.97. The van der Waals surface area contributed by atoms with Gasteiger partial charge in [-0.1, -0.05) is 0 Å². The van der Waals surface area contributed by atoms with E-state index in [0.29, 0.717) is 18.9 Å². The number of hydrogen-bond acceptors (Lipinski definition) is 6. The number of aromatic nitrogens is 5. The molecule has 1 atom stereocenters. The number of ether oxygens (including phenoxy) is 1. The highest BCUT2D eigenvalue weighted by Crippen LogP contribution is 2.31. The van der Waals surface area contributed by atoms with Crippen molar-refractivity contribution in [1.29, 1.82) is 0 Å². The number of anilines is 2. The minimum absolute atomic E-state index is 0.0727. The Morgan fingerprint density at radius 2 is 1.92 bits per heavy atom. The first kappa shape index (κ1) is 25.3. The molecule has 4 heterocycles. The van der Waals surface area contributed by atoms with Gasteiger partial charge in [0.15, 0.2) is 11.5 Å². The third kappa shape index (κ3) is 4.71. The average molecular weight is 524 g/mol. The standard InChI is InChI=1S/C26H31FN7O2P/c1-16-12-21(37)20(31(5)25(35)18-14-34(26(2,3)4)30-22(18)27)13-17(16)19-15-33-7-6-28-23(33)24(29-19)32-8-10-36-11-9-32/h6-7,12-15H,8-11,37H2,1-5H3. The predicted molar refractivity (Wildman–Crippen MR) is 145 cm³/mol. The van der Waals surface area contributed by atoms with Crippen LogP contribution < -0.4 is 15.1 Å². The Morgan fingerprint density at radius 3 is 2.59 bits per heavy atom. The number of benzene rings is 1. The first-order valence-corrected chi connectivity index (χ1v) is 12.7. The number of carbonyl (C=O) groups is 1. The Kier molecular flexibility index (Phi) is 6.50. The molecule has 0 aliphatic carbocycles. The minimum atomic E-state index is -0.785. The lowest BCUT2D eigenvalue weighted by Gasteiger charge is -2.28. The molecule has 37 heavy (non-hydrogen) atoms. The lowest BCUT2D eigenvalue weighted by Crippen LogP contribution is -2.37. The van der Waals surface area contributed by atoms with Crippen LogP contribution in [0.1, 0.15) is 36.7 Å². The van der Waals surface area contributed by atoms with E-state index >= 15 is 0 Å². The molecule has 0 radical (unpaired) electrons. The molecule has 4 aromatic rings. The van der Waals surface area contributed by atoms with E-state index in [9.17, 15) is 9.18 Å². The van der Waals surface area contributed by atoms with Crippen LogP contribution in [0, 0.1) is 12.9 Å². The molecule has 1 aliphatic heterocycles. The van der Waals surface area contributed by atoms with Crippen LogP contribution in [0.3, 0.4) is 0 Å². The summed E-state index contributed by atoms with van der Waals surface area (Å²) < 4.78 is 23.7. The molecular formula is C26H31FN7O2P. The van der Waals surface area contributed by atoms with Gasteiger partial charge in [-0.3, -0.25) is 9.48 Å². The summed E-state index contributed by atoms with van der Waals surface area (Å²) in [5, 5.41) is 4.74. The topological polar surface area (TPSA) is 80.8 Å². The molecule has 5 rings (SSSR count). The van der Waals surface area contributed by atoms with Crippen molar-refractivity contribution in [2.75, 3.05) is 43.2 Å². The van der Waals surface area contributed by atoms with Gasteiger partial charge in [0.25, 0.3) is 5.91 Å². The number of fused-ring (bicyclic) bond motifs is 1. The highest BCUT2D eigenvalue weighted by molar-refractivity contribution is 7.28. The number of carbonyl (C=O) groups excluding carboxylic acids is 1. The predicted octanol–water partition coefficient (Wildman–Crippen LogP) is 3.41. The van der Waals surface area contributed by atoms with Gasteiger partial charge in [0.2, 0.25) is 5.95 Å². The number of morpholine rings is 1. The molecule has 1 unspecified atom stereocenters. The molecule has 3 aromatic heterocycles. The van der Waals surface area contributed by atoms with Gasteiger partial charge in [-0.25, -0.2) is 9.97 Å². The van der Waals surface area contributed by atoms with Gasteiger partial charge in [0.1, 0.15) is 5.56 Å². The number of imidazole rings is 1. The van der Waals surface area contributed by atoms with Crippen molar-refractivity contribution in [3.05, 3.63) is 54.0 Å². The Morgan fingerprint density at radius 1 is 1.19 bits per heavy atom. The maximum Gasteiger partial charge on any atom is 0.264 e. The number of halogens is 1. The van der Waals surface area contributed by atoms with E-state index in [1.165, 1.54) is 15.8 Å². The second-order valence-electron chi connectivity index (χ2n) is 10.2. The smallest absolute Gasteiger partial charge is 0.264 e. The van der Waals surface area contributed by atoms with Crippen molar-refractivity contribution in [2.24, 2.45) is 0 Å². The zero-order chi connectivity index (χ0) is 26.5. The van der Waals surface area contributed by atoms with E-state index in [1.807, 2.05) is 56.6 Å². The summed E-state index contributed by atoms with van der Waals surface area (Å²) in [6.07, 6.45) is 7.06. The van der Waals surface area contributed by atoms with Gasteiger partial charge < -0.3 is 18.9 Å². The molecule has 1 fully saturated rings. The number of aryl methyl sites for hydroxylation is 1. The van der Waals surface area contributed by atoms with Crippen LogP contribution in [0.5, 0.6) is 0 Å². The van der Waals surface area contributed by atoms with Gasteiger partial charge in [0, 0.05) is 50.5 Å². The summed E-state index contributed by atoms with van der Waals surface area (Å²) in [5.41, 5.74) is 3.53. The Hall–Kier alpha value is -3.36. The van der Waals surface area contributed by atoms with Crippen LogP contribution >= 0.6 is 9.24 Å². The molecule has 0 spiro atoms. The largest absolute Gasteiger partial charge is 0.378 e. The van der Waals surface area contributed by atoms with Crippen molar-refractivity contribution in [3.8, 4) is 11.3 Å². The zero-order valence-electron chi connectivity index (χ0n) is 21.7. The quantitative estimate of drug-likeness (QED) is 0.382. The van der Waals surface area contributed by atoms with Crippen LogP contribution in [-0.2, 0) is 10.3 Å². The van der Waals surface area contributed by atoms with E-state index in [2.05, 4.69) is 24.2 Å². The fraction of sp³-hybridized carbons (Fsp3) is 0.385. The molecule has 1 saturated heterocycles. The molecule has 0 saturated carbocycles. The SMILES string of the molecule is Cc1cc(P)c(N(C)C(=O)c2cn(C(C)(C)C)nc2F)cc1-c1cn2ccnc2c(N2CCOCC2)n1. The number of nitrogens with zero attached hydrogens (tertiary/aromatic N) is 7. The van der Waals surface area contributed by atoms with E-state index in [0.717, 1.165) is 46.7 Å². The van der Waals surface area contributed by atoms with Crippen molar-refractivity contribution in [3.63, 3.8) is 0 Å². The first-order chi connectivity index (χ1) is 17.5. The minimum Gasteiger partial charge on any atom is -0.378 e. The lowest BCUT2D eigenvalue weighted by atomic mass is 10.0. The van der Waals surface area contributed by atoms with E-state index in [-0.39, 0.29) is 5.56 Å². The molecule has 194 valence electrons. The highest BCUT2D eigenvalue weighted by atomic mass is 31.0. The fourth-order valence-electron chi connectivity index (χ4n) is 4.45. The zero-order valence-corrected chi connectivity index (χ0v) is 22.8. The van der Waals surface area contributed by atoms with Crippen molar-refractivity contribution >= 4 is 37.6 Å². The summed E-state index contributed by atoms with van der Waals surface area (Å²) in [5.74, 6) is -0.465. The van der Waals surface area contributed by atoms with Gasteiger partial charge >= 0.3 is 0 Å². The van der Waals surface area contributed by atoms with Gasteiger partial charge in [0.05, 0.1) is 30.1 Å². The van der Waals surface area contributed by atoms with E-state index < -0.39 is 17.4 Å². The number of amides is 1. The summed E-state index contributed by atoms with van der Waals surface area (Å²) in [7, 11) is 4.32. The third-order valence-electron chi connectivity index (χ3n) is 6.57. The number of hydrogen-bond donors (Lipinski definition) is 0. The second-order valence-corrected chi connectivity index (χ2v) is 10.9. The van der Waals surface area contributed by atoms with Gasteiger partial charge in [-0.05, 0) is 50.7 Å². The molecule has 1 amide bonds. The average Bonchev–Trinajstić information content (AvgIpc) is 3.49. The van der Waals surface area contributed by atoms with Gasteiger partial charge in [-0.2, -0.15) is 4.39 Å². The van der Waals surface area contributed by atoms with E-state index in [1.54, 1.807) is 13.2 Å². The van der Waals surface area contributed by atoms with Crippen LogP contribution in [0.15, 0.2) is 36.9 Å². The molecule has 9 nitrogen and oxygen atoms in total. The maximum atomic E-state index is 14.7. The monoisotopic (exact) mass is 523 g/mol. The summed E-state index contributed by atoms with van der Waals surface area (Å²) in [6, 6.07) is 3.91. The third-order valence-corrected chi connectivity index (χ3v) is 7.03. The Bertz CT molecular complexity index is 1480.